The van der Waals surface area contributed by atoms with Gasteiger partial charge in [0.25, 0.3) is 0 Å². The van der Waals surface area contributed by atoms with Gasteiger partial charge < -0.3 is 10.6 Å². The van der Waals surface area contributed by atoms with Crippen molar-refractivity contribution in [3.63, 3.8) is 0 Å². The number of fused-ring (bicyclic) bond motifs is 2. The maximum Gasteiger partial charge on any atom is 0.0665 e. The second-order valence-corrected chi connectivity index (χ2v) is 8.46. The van der Waals surface area contributed by atoms with Crippen molar-refractivity contribution in [2.75, 3.05) is 10.6 Å². The van der Waals surface area contributed by atoms with Gasteiger partial charge >= 0.3 is 0 Å². The van der Waals surface area contributed by atoms with Crippen LogP contribution in [0.15, 0.2) is 59.6 Å². The smallest absolute Gasteiger partial charge is 0.0665 e. The molecule has 1 unspecified atom stereocenters. The number of halogens is 1. The summed E-state index contributed by atoms with van der Waals surface area (Å²) in [5.41, 5.74) is 10.8. The van der Waals surface area contributed by atoms with E-state index in [-0.39, 0.29) is 6.04 Å². The Labute approximate surface area is 176 Å². The van der Waals surface area contributed by atoms with Crippen molar-refractivity contribution in [3.05, 3.63) is 81.9 Å². The van der Waals surface area contributed by atoms with Crippen LogP contribution < -0.4 is 10.6 Å². The van der Waals surface area contributed by atoms with Gasteiger partial charge in [-0.15, -0.1) is 0 Å². The summed E-state index contributed by atoms with van der Waals surface area (Å²) in [7, 11) is 0. The molecule has 0 bridgehead atoms. The Hall–Kier alpha value is -2.78. The molecular weight excluding hydrogens is 378 g/mol. The first-order valence-corrected chi connectivity index (χ1v) is 10.5. The van der Waals surface area contributed by atoms with E-state index >= 15 is 0 Å². The molecule has 3 aromatic carbocycles. The summed E-state index contributed by atoms with van der Waals surface area (Å²) in [5, 5.41) is 8.23. The predicted octanol–water partition coefficient (Wildman–Crippen LogP) is 6.76. The molecular formula is C25H24ClN3. The van der Waals surface area contributed by atoms with E-state index in [4.69, 9.17) is 16.6 Å². The Kier molecular flexibility index (Phi) is 4.56. The molecule has 3 aromatic rings. The van der Waals surface area contributed by atoms with Crippen LogP contribution in [0.3, 0.4) is 0 Å². The highest BCUT2D eigenvalue weighted by Gasteiger charge is 2.27. The Balaban J connectivity index is 1.45. The Morgan fingerprint density at radius 2 is 1.76 bits per heavy atom. The fraction of sp³-hybridized carbons (Fsp3) is 0.240. The van der Waals surface area contributed by atoms with Crippen LogP contribution in [-0.4, -0.2) is 11.8 Å². The molecule has 0 saturated heterocycles. The van der Waals surface area contributed by atoms with Crippen molar-refractivity contribution in [1.29, 1.82) is 0 Å². The highest BCUT2D eigenvalue weighted by atomic mass is 35.5. The Bertz CT molecular complexity index is 1110. The minimum Gasteiger partial charge on any atom is -0.375 e. The van der Waals surface area contributed by atoms with Crippen molar-refractivity contribution >= 4 is 40.1 Å². The molecule has 2 heterocycles. The van der Waals surface area contributed by atoms with Crippen molar-refractivity contribution in [1.82, 2.24) is 0 Å². The number of rotatable bonds is 3. The molecule has 3 nitrogen and oxygen atoms in total. The lowest BCUT2D eigenvalue weighted by Gasteiger charge is -2.29. The van der Waals surface area contributed by atoms with Crippen LogP contribution in [0.4, 0.5) is 22.7 Å². The number of hydrogen-bond donors (Lipinski definition) is 2. The van der Waals surface area contributed by atoms with E-state index in [1.807, 2.05) is 12.1 Å². The third kappa shape index (κ3) is 3.40. The van der Waals surface area contributed by atoms with Gasteiger partial charge in [-0.25, -0.2) is 0 Å². The quantitative estimate of drug-likeness (QED) is 0.508. The summed E-state index contributed by atoms with van der Waals surface area (Å²) in [6.07, 6.45) is 3.06. The molecule has 0 spiro atoms. The zero-order chi connectivity index (χ0) is 20.0. The third-order valence-corrected chi connectivity index (χ3v) is 6.18. The molecule has 0 amide bonds. The van der Waals surface area contributed by atoms with Gasteiger partial charge in [0.2, 0.25) is 0 Å². The lowest BCUT2D eigenvalue weighted by atomic mass is 9.92. The van der Waals surface area contributed by atoms with Crippen LogP contribution in [0.2, 0.25) is 5.02 Å². The van der Waals surface area contributed by atoms with E-state index < -0.39 is 0 Å². The zero-order valence-corrected chi connectivity index (χ0v) is 17.5. The molecule has 0 saturated carbocycles. The van der Waals surface area contributed by atoms with Crippen LogP contribution in [0.25, 0.3) is 0 Å². The standard InChI is InChI=1S/C25H24ClN3/c1-15-12-19(26)13-16(2)24(15)29-22-9-5-7-17-10-11-21(28-25(17)22)23-14-18-6-3-4-8-20(18)27-23/h3-9,12-13,21,28-29H,10-11,14H2,1-2H3. The number of aryl methyl sites for hydroxylation is 3. The topological polar surface area (TPSA) is 36.4 Å². The first-order chi connectivity index (χ1) is 14.1. The molecule has 1 atom stereocenters. The van der Waals surface area contributed by atoms with Crippen LogP contribution in [0.5, 0.6) is 0 Å². The fourth-order valence-electron chi connectivity index (χ4n) is 4.48. The SMILES string of the molecule is Cc1cc(Cl)cc(C)c1Nc1cccc2c1NC(C1=Nc3ccccc3C1)CC2. The van der Waals surface area contributed by atoms with Gasteiger partial charge in [-0.2, -0.15) is 0 Å². The van der Waals surface area contributed by atoms with E-state index in [2.05, 4.69) is 66.9 Å². The van der Waals surface area contributed by atoms with Crippen LogP contribution in [0, 0.1) is 13.8 Å². The molecule has 2 N–H and O–H groups in total. The Morgan fingerprint density at radius 1 is 1.00 bits per heavy atom. The summed E-state index contributed by atoms with van der Waals surface area (Å²) in [6.45, 7) is 4.19. The number of nitrogens with one attached hydrogen (secondary N) is 2. The number of para-hydroxylation sites is 2. The predicted molar refractivity (Wildman–Crippen MR) is 124 cm³/mol. The first kappa shape index (κ1) is 18.3. The molecule has 4 heteroatoms. The number of hydrogen-bond acceptors (Lipinski definition) is 3. The molecule has 2 aliphatic heterocycles. The van der Waals surface area contributed by atoms with Gasteiger partial charge in [-0.05, 0) is 73.2 Å². The van der Waals surface area contributed by atoms with E-state index in [1.165, 1.54) is 22.5 Å². The first-order valence-electron chi connectivity index (χ1n) is 10.2. The summed E-state index contributed by atoms with van der Waals surface area (Å²) >= 11 is 6.22. The molecule has 2 aliphatic rings. The van der Waals surface area contributed by atoms with Gasteiger partial charge in [0, 0.05) is 22.8 Å². The van der Waals surface area contributed by atoms with E-state index in [1.54, 1.807) is 0 Å². The third-order valence-electron chi connectivity index (χ3n) is 5.96. The van der Waals surface area contributed by atoms with Gasteiger partial charge in [-0.3, -0.25) is 4.99 Å². The monoisotopic (exact) mass is 401 g/mol. The summed E-state index contributed by atoms with van der Waals surface area (Å²) in [6, 6.07) is 19.2. The van der Waals surface area contributed by atoms with Crippen LogP contribution in [-0.2, 0) is 12.8 Å². The number of aliphatic imine (C=N–C) groups is 1. The number of nitrogens with zero attached hydrogens (tertiary/aromatic N) is 1. The largest absolute Gasteiger partial charge is 0.375 e. The molecule has 0 aliphatic carbocycles. The lowest BCUT2D eigenvalue weighted by Crippen LogP contribution is -2.34. The maximum absolute atomic E-state index is 6.22. The number of benzene rings is 3. The minimum absolute atomic E-state index is 0.269. The average molecular weight is 402 g/mol. The second-order valence-electron chi connectivity index (χ2n) is 8.02. The Morgan fingerprint density at radius 3 is 2.55 bits per heavy atom. The van der Waals surface area contributed by atoms with Crippen molar-refractivity contribution in [3.8, 4) is 0 Å². The summed E-state index contributed by atoms with van der Waals surface area (Å²) in [5.74, 6) is 0. The second kappa shape index (κ2) is 7.23. The van der Waals surface area contributed by atoms with E-state index in [0.717, 1.165) is 52.5 Å². The highest BCUT2D eigenvalue weighted by molar-refractivity contribution is 6.30. The van der Waals surface area contributed by atoms with E-state index in [9.17, 15) is 0 Å². The van der Waals surface area contributed by atoms with Crippen molar-refractivity contribution < 1.29 is 0 Å². The number of anilines is 3. The molecule has 0 aromatic heterocycles. The normalized spacial score (nSPS) is 17.2. The van der Waals surface area contributed by atoms with Crippen molar-refractivity contribution in [2.24, 2.45) is 4.99 Å². The molecule has 5 rings (SSSR count). The fourth-order valence-corrected chi connectivity index (χ4v) is 4.81. The van der Waals surface area contributed by atoms with Crippen LogP contribution in [0.1, 0.15) is 28.7 Å². The van der Waals surface area contributed by atoms with Gasteiger partial charge in [0.05, 0.1) is 23.1 Å². The van der Waals surface area contributed by atoms with Gasteiger partial charge in [0.15, 0.2) is 0 Å². The minimum atomic E-state index is 0.269. The highest BCUT2D eigenvalue weighted by Crippen LogP contribution is 2.38. The molecule has 146 valence electrons. The average Bonchev–Trinajstić information content (AvgIpc) is 3.14. The van der Waals surface area contributed by atoms with Gasteiger partial charge in [0.1, 0.15) is 0 Å². The maximum atomic E-state index is 6.22. The van der Waals surface area contributed by atoms with Gasteiger partial charge in [-0.1, -0.05) is 41.9 Å². The summed E-state index contributed by atoms with van der Waals surface area (Å²) in [4.78, 5) is 4.92. The molecule has 29 heavy (non-hydrogen) atoms. The zero-order valence-electron chi connectivity index (χ0n) is 16.7. The van der Waals surface area contributed by atoms with Crippen molar-refractivity contribution in [2.45, 2.75) is 39.2 Å². The van der Waals surface area contributed by atoms with E-state index in [0.29, 0.717) is 0 Å². The molecule has 0 radical (unpaired) electrons. The lowest BCUT2D eigenvalue weighted by molar-refractivity contribution is 0.752. The molecule has 0 fully saturated rings. The summed E-state index contributed by atoms with van der Waals surface area (Å²) < 4.78 is 0. The van der Waals surface area contributed by atoms with Crippen LogP contribution >= 0.6 is 11.6 Å².